The van der Waals surface area contributed by atoms with E-state index >= 15 is 0 Å². The van der Waals surface area contributed by atoms with Gasteiger partial charge in [0.25, 0.3) is 0 Å². The van der Waals surface area contributed by atoms with Crippen molar-refractivity contribution in [2.45, 2.75) is 60.3 Å². The molecule has 0 unspecified atom stereocenters. The van der Waals surface area contributed by atoms with Gasteiger partial charge in [-0.05, 0) is 88.9 Å². The van der Waals surface area contributed by atoms with Gasteiger partial charge in [0, 0.05) is 62.9 Å². The Balaban J connectivity index is 0.000000322. The second-order valence-electron chi connectivity index (χ2n) is 11.1. The lowest BCUT2D eigenvalue weighted by Gasteiger charge is -2.31. The highest BCUT2D eigenvalue weighted by atomic mass is 16.2. The first-order valence-corrected chi connectivity index (χ1v) is 14.7. The van der Waals surface area contributed by atoms with E-state index in [2.05, 4.69) is 82.7 Å². The normalized spacial score (nSPS) is 13.8. The molecule has 8 heteroatoms. The molecule has 2 aromatic carbocycles. The summed E-state index contributed by atoms with van der Waals surface area (Å²) in [6, 6.07) is 13.1. The minimum Gasteiger partial charge on any atom is -0.354 e. The summed E-state index contributed by atoms with van der Waals surface area (Å²) in [5.74, 6) is 0.851. The summed E-state index contributed by atoms with van der Waals surface area (Å²) in [4.78, 5) is 24.7. The molecule has 0 spiro atoms. The van der Waals surface area contributed by atoms with Crippen molar-refractivity contribution in [1.29, 1.82) is 5.26 Å². The number of aliphatic imine (C=N–C) groups is 1. The van der Waals surface area contributed by atoms with Gasteiger partial charge >= 0.3 is 0 Å². The van der Waals surface area contributed by atoms with Gasteiger partial charge in [0.2, 0.25) is 11.9 Å². The molecule has 3 aromatic rings. The number of aromatic nitrogens is 1. The minimum absolute atomic E-state index is 0.185. The third-order valence-electron chi connectivity index (χ3n) is 7.87. The van der Waals surface area contributed by atoms with Gasteiger partial charge in [-0.15, -0.1) is 0 Å². The largest absolute Gasteiger partial charge is 0.354 e. The van der Waals surface area contributed by atoms with Crippen molar-refractivity contribution >= 4 is 22.8 Å². The van der Waals surface area contributed by atoms with E-state index in [0.29, 0.717) is 5.96 Å². The zero-order chi connectivity index (χ0) is 30.2. The molecule has 1 saturated heterocycles. The highest BCUT2D eigenvalue weighted by molar-refractivity contribution is 5.94. The fourth-order valence-electron chi connectivity index (χ4n) is 5.60. The van der Waals surface area contributed by atoms with Gasteiger partial charge in [0.05, 0.1) is 5.41 Å². The maximum atomic E-state index is 13.1. The molecule has 1 aromatic heterocycles. The average molecular weight is 558 g/mol. The smallest absolute Gasteiger partial charge is 0.232 e. The number of aryl methyl sites for hydroxylation is 3. The van der Waals surface area contributed by atoms with E-state index in [1.807, 2.05) is 38.8 Å². The molecule has 8 nitrogen and oxygen atoms in total. The molecule has 1 amide bonds. The average Bonchev–Trinajstić information content (AvgIpc) is 3.35. The number of likely N-dealkylation sites (N-methyl/N-ethyl adjacent to an activating group) is 1. The van der Waals surface area contributed by atoms with E-state index in [0.717, 1.165) is 56.8 Å². The Morgan fingerprint density at radius 3 is 2.24 bits per heavy atom. The van der Waals surface area contributed by atoms with Gasteiger partial charge < -0.3 is 20.1 Å². The Morgan fingerprint density at radius 1 is 1.07 bits per heavy atom. The second kappa shape index (κ2) is 14.2. The standard InChI is InChI=1S/C26H34N2O.C7H13N5/c1-8-21-22-16-20(26(6,7)25(29)28(9-2)10-3)11-12-23(22)27-24(21)19-14-17(4)13-18(5)15-19;1-9-7(11-6-8)12-4-2-10-3-5-12/h11-16,27H,8-10H2,1-7H3;10H,2-5H2,1H3,(H,9,11). The lowest BCUT2D eigenvalue weighted by Crippen LogP contribution is -2.50. The van der Waals surface area contributed by atoms with E-state index in [9.17, 15) is 4.79 Å². The molecule has 3 N–H and O–H groups in total. The first-order valence-electron chi connectivity index (χ1n) is 14.7. The Labute approximate surface area is 245 Å². The quantitative estimate of drug-likeness (QED) is 0.169. The van der Waals surface area contributed by atoms with Crippen LogP contribution < -0.4 is 10.6 Å². The number of hydrogen-bond acceptors (Lipinski definition) is 4. The van der Waals surface area contributed by atoms with Crippen molar-refractivity contribution in [1.82, 2.24) is 25.4 Å². The number of rotatable bonds is 6. The monoisotopic (exact) mass is 557 g/mol. The van der Waals surface area contributed by atoms with Gasteiger partial charge in [-0.3, -0.25) is 15.1 Å². The van der Waals surface area contributed by atoms with Crippen molar-refractivity contribution in [2.75, 3.05) is 46.3 Å². The number of nitriles is 1. The van der Waals surface area contributed by atoms with Crippen LogP contribution in [0.4, 0.5) is 0 Å². The van der Waals surface area contributed by atoms with Crippen LogP contribution in [0.5, 0.6) is 0 Å². The van der Waals surface area contributed by atoms with Crippen LogP contribution in [-0.2, 0) is 16.6 Å². The number of benzene rings is 2. The lowest BCUT2D eigenvalue weighted by atomic mass is 9.82. The van der Waals surface area contributed by atoms with Crippen LogP contribution in [0.2, 0.25) is 0 Å². The molecule has 0 bridgehead atoms. The minimum atomic E-state index is -0.553. The molecule has 1 aliphatic heterocycles. The first kappa shape index (κ1) is 31.7. The lowest BCUT2D eigenvalue weighted by molar-refractivity contribution is -0.135. The summed E-state index contributed by atoms with van der Waals surface area (Å²) in [6.07, 6.45) is 2.81. The van der Waals surface area contributed by atoms with Crippen molar-refractivity contribution in [3.63, 3.8) is 0 Å². The highest BCUT2D eigenvalue weighted by Gasteiger charge is 2.33. The number of nitrogens with one attached hydrogen (secondary N) is 3. The molecule has 1 fully saturated rings. The number of amides is 1. The molecule has 2 heterocycles. The number of fused-ring (bicyclic) bond motifs is 1. The molecule has 41 heavy (non-hydrogen) atoms. The van der Waals surface area contributed by atoms with Gasteiger partial charge in [-0.25, -0.2) is 0 Å². The number of carbonyl (C=O) groups is 1. The molecular weight excluding hydrogens is 510 g/mol. The van der Waals surface area contributed by atoms with Crippen LogP contribution in [0.3, 0.4) is 0 Å². The summed E-state index contributed by atoms with van der Waals surface area (Å²) < 4.78 is 0. The summed E-state index contributed by atoms with van der Waals surface area (Å²) in [5.41, 5.74) is 7.93. The maximum absolute atomic E-state index is 13.1. The van der Waals surface area contributed by atoms with E-state index < -0.39 is 5.41 Å². The fraction of sp³-hybridized carbons (Fsp3) is 0.485. The van der Waals surface area contributed by atoms with Gasteiger partial charge in [-0.2, -0.15) is 5.26 Å². The van der Waals surface area contributed by atoms with Crippen molar-refractivity contribution < 1.29 is 4.79 Å². The fourth-order valence-corrected chi connectivity index (χ4v) is 5.60. The van der Waals surface area contributed by atoms with Crippen LogP contribution in [0, 0.1) is 25.3 Å². The van der Waals surface area contributed by atoms with Crippen LogP contribution in [0.1, 0.15) is 56.9 Å². The molecule has 0 aliphatic carbocycles. The molecular formula is C33H47N7O. The Bertz CT molecular complexity index is 1380. The summed E-state index contributed by atoms with van der Waals surface area (Å²) in [7, 11) is 1.68. The summed E-state index contributed by atoms with van der Waals surface area (Å²) in [5, 5.41) is 15.4. The van der Waals surface area contributed by atoms with Crippen LogP contribution in [-0.4, -0.2) is 73.0 Å². The zero-order valence-electron chi connectivity index (χ0n) is 26.1. The van der Waals surface area contributed by atoms with E-state index in [-0.39, 0.29) is 5.91 Å². The van der Waals surface area contributed by atoms with Gasteiger partial charge in [0.15, 0.2) is 6.19 Å². The molecule has 0 radical (unpaired) electrons. The van der Waals surface area contributed by atoms with Gasteiger partial charge in [0.1, 0.15) is 0 Å². The highest BCUT2D eigenvalue weighted by Crippen LogP contribution is 2.35. The Kier molecular flexibility index (Phi) is 11.0. The molecule has 0 atom stereocenters. The summed E-state index contributed by atoms with van der Waals surface area (Å²) >= 11 is 0. The van der Waals surface area contributed by atoms with Gasteiger partial charge in [-0.1, -0.05) is 30.2 Å². The predicted octanol–water partition coefficient (Wildman–Crippen LogP) is 5.11. The summed E-state index contributed by atoms with van der Waals surface area (Å²) in [6.45, 7) is 19.8. The number of guanidine groups is 1. The first-order chi connectivity index (χ1) is 19.6. The van der Waals surface area contributed by atoms with E-state index in [1.165, 1.54) is 33.3 Å². The van der Waals surface area contributed by atoms with Crippen molar-refractivity contribution in [3.8, 4) is 17.5 Å². The molecule has 220 valence electrons. The van der Waals surface area contributed by atoms with Crippen molar-refractivity contribution in [2.24, 2.45) is 4.99 Å². The SMILES string of the molecule is CCc1c(-c2cc(C)cc(C)c2)[nH]c2ccc(C(C)(C)C(=O)N(CC)CC)cc12.CN=C(NC#N)N1CCNCC1. The predicted molar refractivity (Wildman–Crippen MR) is 170 cm³/mol. The van der Waals surface area contributed by atoms with Crippen LogP contribution in [0.15, 0.2) is 41.4 Å². The molecule has 1 aliphatic rings. The third-order valence-corrected chi connectivity index (χ3v) is 7.87. The zero-order valence-corrected chi connectivity index (χ0v) is 26.1. The topological polar surface area (TPSA) is 99.5 Å². The van der Waals surface area contributed by atoms with Crippen LogP contribution >= 0.6 is 0 Å². The number of nitrogens with zero attached hydrogens (tertiary/aromatic N) is 4. The molecule has 4 rings (SSSR count). The second-order valence-corrected chi connectivity index (χ2v) is 11.1. The van der Waals surface area contributed by atoms with Crippen LogP contribution in [0.25, 0.3) is 22.2 Å². The third kappa shape index (κ3) is 7.28. The maximum Gasteiger partial charge on any atom is 0.232 e. The number of carbonyl (C=O) groups excluding carboxylic acids is 1. The number of aromatic amines is 1. The Hall–Kier alpha value is -3.83. The van der Waals surface area contributed by atoms with Crippen molar-refractivity contribution in [3.05, 3.63) is 58.7 Å². The van der Waals surface area contributed by atoms with E-state index in [4.69, 9.17) is 5.26 Å². The number of piperazine rings is 1. The number of H-pyrrole nitrogens is 1. The Morgan fingerprint density at radius 2 is 1.71 bits per heavy atom. The van der Waals surface area contributed by atoms with E-state index in [1.54, 1.807) is 7.05 Å². The molecule has 0 saturated carbocycles. The number of hydrogen-bond donors (Lipinski definition) is 3.